The van der Waals surface area contributed by atoms with Crippen molar-refractivity contribution < 1.29 is 14.4 Å². The minimum Gasteiger partial charge on any atom is -0.321 e. The lowest BCUT2D eigenvalue weighted by atomic mass is 10.1. The zero-order valence-corrected chi connectivity index (χ0v) is 28.8. The van der Waals surface area contributed by atoms with Gasteiger partial charge in [0.2, 0.25) is 5.91 Å². The zero-order chi connectivity index (χ0) is 33.6. The van der Waals surface area contributed by atoms with Crippen molar-refractivity contribution in [1.29, 1.82) is 0 Å². The summed E-state index contributed by atoms with van der Waals surface area (Å²) in [5.41, 5.74) is 2.95. The summed E-state index contributed by atoms with van der Waals surface area (Å²) < 4.78 is 0. The average Bonchev–Trinajstić information content (AvgIpc) is 3.10. The molecular weight excluding hydrogens is 681 g/mol. The van der Waals surface area contributed by atoms with Gasteiger partial charge in [0.1, 0.15) is 5.70 Å². The van der Waals surface area contributed by atoms with Gasteiger partial charge in [0, 0.05) is 41.5 Å². The Labute approximate surface area is 297 Å². The van der Waals surface area contributed by atoms with Gasteiger partial charge in [0.15, 0.2) is 0 Å². The average molecular weight is 711 g/mol. The third-order valence-electron chi connectivity index (χ3n) is 7.49. The van der Waals surface area contributed by atoms with E-state index in [-0.39, 0.29) is 11.6 Å². The van der Waals surface area contributed by atoms with E-state index in [9.17, 15) is 14.4 Å². The maximum absolute atomic E-state index is 14.2. The number of fused-ring (bicyclic) bond motifs is 2. The summed E-state index contributed by atoms with van der Waals surface area (Å²) in [4.78, 5) is 45.7. The van der Waals surface area contributed by atoms with Crippen LogP contribution in [0.5, 0.6) is 0 Å². The molecule has 5 aromatic carbocycles. The monoisotopic (exact) mass is 709 g/mol. The molecule has 0 aliphatic carbocycles. The lowest BCUT2D eigenvalue weighted by Gasteiger charge is -2.33. The number of hydrogen-bond donors (Lipinski definition) is 2. The van der Waals surface area contributed by atoms with Crippen molar-refractivity contribution in [2.24, 2.45) is 0 Å². The number of benzene rings is 5. The number of halogens is 2. The molecule has 0 spiro atoms. The Morgan fingerprint density at radius 1 is 0.792 bits per heavy atom. The second-order valence-electron chi connectivity index (χ2n) is 10.7. The Balaban J connectivity index is 1.24. The number of rotatable bonds is 9. The maximum Gasteiger partial charge on any atom is 0.272 e. The normalized spacial score (nSPS) is 12.8. The number of hydrogen-bond acceptors (Lipinski definition) is 5. The smallest absolute Gasteiger partial charge is 0.272 e. The van der Waals surface area contributed by atoms with Crippen LogP contribution < -0.4 is 15.5 Å². The highest BCUT2D eigenvalue weighted by Crippen LogP contribution is 2.49. The second kappa shape index (κ2) is 15.2. The molecule has 5 aromatic rings. The van der Waals surface area contributed by atoms with Crippen molar-refractivity contribution in [2.75, 3.05) is 10.2 Å². The van der Waals surface area contributed by atoms with E-state index in [0.717, 1.165) is 26.1 Å². The highest BCUT2D eigenvalue weighted by molar-refractivity contribution is 8.00. The summed E-state index contributed by atoms with van der Waals surface area (Å²) in [6.45, 7) is 1.99. The molecule has 0 fully saturated rings. The summed E-state index contributed by atoms with van der Waals surface area (Å²) in [5.74, 6) is -1.06. The number of carbonyl (C=O) groups is 3. The molecule has 0 bridgehead atoms. The van der Waals surface area contributed by atoms with E-state index in [1.54, 1.807) is 66.4 Å². The number of thioether (sulfide) groups is 1. The first kappa shape index (κ1) is 33.4. The number of para-hydroxylation sites is 2. The van der Waals surface area contributed by atoms with Crippen LogP contribution in [0.1, 0.15) is 29.3 Å². The topological polar surface area (TPSA) is 78.5 Å². The Morgan fingerprint density at radius 3 is 2.04 bits per heavy atom. The first-order valence-electron chi connectivity index (χ1n) is 15.1. The van der Waals surface area contributed by atoms with Gasteiger partial charge >= 0.3 is 0 Å². The molecule has 1 aliphatic heterocycles. The molecule has 240 valence electrons. The van der Waals surface area contributed by atoms with E-state index in [2.05, 4.69) is 10.6 Å². The predicted octanol–water partition coefficient (Wildman–Crippen LogP) is 10.1. The Kier molecular flexibility index (Phi) is 10.6. The van der Waals surface area contributed by atoms with Crippen molar-refractivity contribution in [2.45, 2.75) is 33.3 Å². The van der Waals surface area contributed by atoms with Crippen LogP contribution in [0.15, 0.2) is 142 Å². The molecule has 3 amide bonds. The number of amides is 3. The van der Waals surface area contributed by atoms with Gasteiger partial charge in [-0.3, -0.25) is 19.3 Å². The molecular formula is C38H29Cl2N3O3S2. The molecule has 6 rings (SSSR count). The standard InChI is InChI=1S/C38H29Cl2N3O3S2/c1-2-33(38(46)43-31-18-6-8-20-34(31)48-35-21-9-7-19-32(35)43)47-26-15-10-14-25(22-26)41-37(45)30(23-27-28(39)16-11-17-29(27)40)42-36(44)24-12-4-3-5-13-24/h3-23,33H,2H2,1H3,(H,41,45)(H,42,44)/b30-23+. The van der Waals surface area contributed by atoms with Crippen molar-refractivity contribution >= 4 is 87.6 Å². The number of nitrogens with one attached hydrogen (secondary N) is 2. The van der Waals surface area contributed by atoms with Gasteiger partial charge in [-0.1, -0.05) is 96.5 Å². The van der Waals surface area contributed by atoms with Crippen LogP contribution in [0, 0.1) is 0 Å². The third kappa shape index (κ3) is 7.48. The second-order valence-corrected chi connectivity index (χ2v) is 13.9. The van der Waals surface area contributed by atoms with Crippen molar-refractivity contribution in [3.8, 4) is 0 Å². The number of anilines is 3. The lowest BCUT2D eigenvalue weighted by molar-refractivity contribution is -0.117. The molecule has 1 heterocycles. The van der Waals surface area contributed by atoms with E-state index < -0.39 is 17.1 Å². The number of carbonyl (C=O) groups excluding carboxylic acids is 3. The molecule has 10 heteroatoms. The largest absolute Gasteiger partial charge is 0.321 e. The molecule has 0 saturated heterocycles. The Bertz CT molecular complexity index is 1970. The lowest BCUT2D eigenvalue weighted by Crippen LogP contribution is -2.35. The Morgan fingerprint density at radius 2 is 1.40 bits per heavy atom. The van der Waals surface area contributed by atoms with Crippen LogP contribution >= 0.6 is 46.7 Å². The van der Waals surface area contributed by atoms with Crippen molar-refractivity contribution in [1.82, 2.24) is 5.32 Å². The van der Waals surface area contributed by atoms with Crippen LogP contribution in [-0.2, 0) is 9.59 Å². The van der Waals surface area contributed by atoms with Gasteiger partial charge in [-0.05, 0) is 79.2 Å². The minimum absolute atomic E-state index is 0.0254. The van der Waals surface area contributed by atoms with Gasteiger partial charge < -0.3 is 10.6 Å². The molecule has 1 atom stereocenters. The molecule has 0 saturated carbocycles. The van der Waals surface area contributed by atoms with Crippen LogP contribution in [-0.4, -0.2) is 23.0 Å². The fourth-order valence-electron chi connectivity index (χ4n) is 5.14. The van der Waals surface area contributed by atoms with E-state index in [4.69, 9.17) is 23.2 Å². The minimum atomic E-state index is -0.570. The summed E-state index contributed by atoms with van der Waals surface area (Å²) in [5, 5.41) is 5.86. The van der Waals surface area contributed by atoms with E-state index in [1.165, 1.54) is 17.8 Å². The predicted molar refractivity (Wildman–Crippen MR) is 198 cm³/mol. The highest BCUT2D eigenvalue weighted by atomic mass is 35.5. The molecule has 1 aliphatic rings. The molecule has 2 N–H and O–H groups in total. The first-order chi connectivity index (χ1) is 23.3. The number of nitrogens with zero attached hydrogens (tertiary/aromatic N) is 1. The van der Waals surface area contributed by atoms with Gasteiger partial charge in [-0.25, -0.2) is 0 Å². The molecule has 0 aromatic heterocycles. The summed E-state index contributed by atoms with van der Waals surface area (Å²) in [6.07, 6.45) is 2.04. The fraction of sp³-hybridized carbons (Fsp3) is 0.0789. The first-order valence-corrected chi connectivity index (χ1v) is 17.6. The van der Waals surface area contributed by atoms with Crippen LogP contribution in [0.3, 0.4) is 0 Å². The zero-order valence-electron chi connectivity index (χ0n) is 25.7. The van der Waals surface area contributed by atoms with E-state index in [0.29, 0.717) is 33.3 Å². The van der Waals surface area contributed by atoms with E-state index >= 15 is 0 Å². The summed E-state index contributed by atoms with van der Waals surface area (Å²) in [6, 6.07) is 36.7. The summed E-state index contributed by atoms with van der Waals surface area (Å²) in [7, 11) is 0. The van der Waals surface area contributed by atoms with Crippen molar-refractivity contribution in [3.63, 3.8) is 0 Å². The maximum atomic E-state index is 14.2. The van der Waals surface area contributed by atoms with Crippen LogP contribution in [0.2, 0.25) is 10.0 Å². The summed E-state index contributed by atoms with van der Waals surface area (Å²) >= 11 is 15.9. The van der Waals surface area contributed by atoms with E-state index in [1.807, 2.05) is 78.6 Å². The highest BCUT2D eigenvalue weighted by Gasteiger charge is 2.32. The van der Waals surface area contributed by atoms with Crippen LogP contribution in [0.4, 0.5) is 17.1 Å². The molecule has 1 unspecified atom stereocenters. The molecule has 0 radical (unpaired) electrons. The van der Waals surface area contributed by atoms with Gasteiger partial charge in [0.25, 0.3) is 11.8 Å². The third-order valence-corrected chi connectivity index (χ3v) is 10.6. The van der Waals surface area contributed by atoms with Gasteiger partial charge in [-0.2, -0.15) is 0 Å². The quantitative estimate of drug-likeness (QED) is 0.118. The molecule has 48 heavy (non-hydrogen) atoms. The van der Waals surface area contributed by atoms with Crippen LogP contribution in [0.25, 0.3) is 6.08 Å². The van der Waals surface area contributed by atoms with Gasteiger partial charge in [0.05, 0.1) is 16.6 Å². The molecule has 6 nitrogen and oxygen atoms in total. The Hall–Kier alpha value is -4.47. The van der Waals surface area contributed by atoms with Crippen molar-refractivity contribution in [3.05, 3.63) is 148 Å². The SMILES string of the molecule is CCC(Sc1cccc(NC(=O)/C(=C\c2c(Cl)cccc2Cl)NC(=O)c2ccccc2)c1)C(=O)N1c2ccccc2Sc2ccccc21. The van der Waals surface area contributed by atoms with Gasteiger partial charge in [-0.15, -0.1) is 11.8 Å². The fourth-order valence-corrected chi connectivity index (χ4v) is 7.76.